The van der Waals surface area contributed by atoms with Gasteiger partial charge in [-0.15, -0.1) is 0 Å². The van der Waals surface area contributed by atoms with Crippen molar-refractivity contribution in [2.75, 3.05) is 24.2 Å². The van der Waals surface area contributed by atoms with Gasteiger partial charge in [0.15, 0.2) is 0 Å². The van der Waals surface area contributed by atoms with Gasteiger partial charge in [-0.2, -0.15) is 0 Å². The van der Waals surface area contributed by atoms with Gasteiger partial charge in [-0.25, -0.2) is 12.8 Å². The first kappa shape index (κ1) is 25.6. The first-order chi connectivity index (χ1) is 15.0. The Morgan fingerprint density at radius 1 is 1.16 bits per heavy atom. The maximum atomic E-state index is 14.1. The summed E-state index contributed by atoms with van der Waals surface area (Å²) in [7, 11) is -2.15. The second-order valence-corrected chi connectivity index (χ2v) is 9.67. The Balaban J connectivity index is 2.15. The number of likely N-dealkylation sites (N-methyl/N-ethyl adjacent to an activating group) is 1. The lowest BCUT2D eigenvalue weighted by molar-refractivity contribution is -0.140. The number of nitrogens with zero attached hydrogens (tertiary/aromatic N) is 2. The van der Waals surface area contributed by atoms with E-state index in [-0.39, 0.29) is 43.3 Å². The average Bonchev–Trinajstić information content (AvgIpc) is 2.74. The number of hydrogen-bond acceptors (Lipinski definition) is 4. The smallest absolute Gasteiger partial charge is 0.242 e. The Morgan fingerprint density at radius 2 is 1.84 bits per heavy atom. The zero-order valence-electron chi connectivity index (χ0n) is 18.2. The monoisotopic (exact) mass is 483 g/mol. The van der Waals surface area contributed by atoms with E-state index >= 15 is 0 Å². The van der Waals surface area contributed by atoms with Crippen LogP contribution in [0.2, 0.25) is 5.02 Å². The van der Waals surface area contributed by atoms with Gasteiger partial charge in [0.2, 0.25) is 21.8 Å². The van der Waals surface area contributed by atoms with Crippen molar-refractivity contribution in [3.63, 3.8) is 0 Å². The molecule has 0 radical (unpaired) electrons. The number of benzene rings is 2. The van der Waals surface area contributed by atoms with E-state index in [0.29, 0.717) is 10.7 Å². The number of anilines is 1. The minimum Gasteiger partial charge on any atom is -0.357 e. The molecule has 1 N–H and O–H groups in total. The topological polar surface area (TPSA) is 86.8 Å². The molecule has 0 aromatic heterocycles. The van der Waals surface area contributed by atoms with Gasteiger partial charge in [-0.1, -0.05) is 35.9 Å². The van der Waals surface area contributed by atoms with Gasteiger partial charge in [-0.3, -0.25) is 13.9 Å². The van der Waals surface area contributed by atoms with E-state index < -0.39 is 21.9 Å². The van der Waals surface area contributed by atoms with Crippen molar-refractivity contribution in [2.45, 2.75) is 32.4 Å². The van der Waals surface area contributed by atoms with Gasteiger partial charge in [0.05, 0.1) is 11.9 Å². The summed E-state index contributed by atoms with van der Waals surface area (Å²) in [5.74, 6) is -1.24. The normalized spacial score (nSPS) is 12.2. The molecule has 0 saturated carbocycles. The maximum Gasteiger partial charge on any atom is 0.242 e. The minimum atomic E-state index is -3.60. The Morgan fingerprint density at radius 3 is 2.44 bits per heavy atom. The van der Waals surface area contributed by atoms with Gasteiger partial charge >= 0.3 is 0 Å². The Labute approximate surface area is 193 Å². The summed E-state index contributed by atoms with van der Waals surface area (Å²) >= 11 is 5.98. The van der Waals surface area contributed by atoms with Crippen LogP contribution in [-0.2, 0) is 26.2 Å². The Hall–Kier alpha value is -2.65. The molecule has 7 nitrogen and oxygen atoms in total. The highest BCUT2D eigenvalue weighted by Crippen LogP contribution is 2.22. The van der Waals surface area contributed by atoms with E-state index in [9.17, 15) is 22.4 Å². The highest BCUT2D eigenvalue weighted by molar-refractivity contribution is 7.92. The van der Waals surface area contributed by atoms with Crippen LogP contribution in [0.5, 0.6) is 0 Å². The lowest BCUT2D eigenvalue weighted by Gasteiger charge is -2.29. The highest BCUT2D eigenvalue weighted by atomic mass is 35.5. The third-order valence-electron chi connectivity index (χ3n) is 4.96. The Kier molecular flexibility index (Phi) is 9.03. The summed E-state index contributed by atoms with van der Waals surface area (Å²) in [5.41, 5.74) is 0.683. The number of halogens is 2. The average molecular weight is 484 g/mol. The summed E-state index contributed by atoms with van der Waals surface area (Å²) in [5, 5.41) is 2.89. The molecule has 2 amide bonds. The molecule has 174 valence electrons. The molecule has 0 saturated heterocycles. The fourth-order valence-electron chi connectivity index (χ4n) is 3.24. The molecule has 1 unspecified atom stereocenters. The van der Waals surface area contributed by atoms with Crippen LogP contribution in [-0.4, -0.2) is 51.0 Å². The number of hydrogen-bond donors (Lipinski definition) is 1. The van der Waals surface area contributed by atoms with Gasteiger partial charge < -0.3 is 10.2 Å². The molecule has 2 aromatic carbocycles. The third-order valence-corrected chi connectivity index (χ3v) is 6.39. The SMILES string of the molecule is CNC(=O)C(C)N(Cc1ccccc1F)C(=O)CCCN(c1cccc(Cl)c1)S(C)(=O)=O. The number of rotatable bonds is 10. The van der Waals surface area contributed by atoms with Gasteiger partial charge in [0.25, 0.3) is 0 Å². The van der Waals surface area contributed by atoms with Crippen LogP contribution in [0, 0.1) is 5.82 Å². The molecule has 0 heterocycles. The number of sulfonamides is 1. The van der Waals surface area contributed by atoms with Gasteiger partial charge in [-0.05, 0) is 37.6 Å². The lowest BCUT2D eigenvalue weighted by Crippen LogP contribution is -2.47. The second-order valence-electron chi connectivity index (χ2n) is 7.32. The number of carbonyl (C=O) groups excluding carboxylic acids is 2. The molecule has 0 fully saturated rings. The first-order valence-corrected chi connectivity index (χ1v) is 12.2. The molecular weight excluding hydrogens is 457 g/mol. The van der Waals surface area contributed by atoms with Crippen LogP contribution < -0.4 is 9.62 Å². The fourth-order valence-corrected chi connectivity index (χ4v) is 4.38. The van der Waals surface area contributed by atoms with Crippen molar-refractivity contribution in [1.82, 2.24) is 10.2 Å². The molecule has 2 rings (SSSR count). The highest BCUT2D eigenvalue weighted by Gasteiger charge is 2.26. The van der Waals surface area contributed by atoms with Crippen LogP contribution in [0.1, 0.15) is 25.3 Å². The summed E-state index contributed by atoms with van der Waals surface area (Å²) in [6, 6.07) is 11.6. The van der Waals surface area contributed by atoms with E-state index in [4.69, 9.17) is 11.6 Å². The molecule has 0 aliphatic rings. The van der Waals surface area contributed by atoms with Gasteiger partial charge in [0, 0.05) is 37.1 Å². The summed E-state index contributed by atoms with van der Waals surface area (Å²) in [6.45, 7) is 1.53. The molecule has 0 aliphatic heterocycles. The van der Waals surface area contributed by atoms with E-state index in [1.807, 2.05) is 0 Å². The fraction of sp³-hybridized carbons (Fsp3) is 0.364. The van der Waals surface area contributed by atoms with Crippen LogP contribution in [0.4, 0.5) is 10.1 Å². The zero-order chi connectivity index (χ0) is 23.9. The third kappa shape index (κ3) is 6.93. The number of amides is 2. The molecule has 0 spiro atoms. The van der Waals surface area contributed by atoms with Crippen molar-refractivity contribution >= 4 is 39.1 Å². The van der Waals surface area contributed by atoms with Crippen molar-refractivity contribution in [3.05, 3.63) is 64.9 Å². The van der Waals surface area contributed by atoms with Crippen molar-refractivity contribution in [2.24, 2.45) is 0 Å². The lowest BCUT2D eigenvalue weighted by atomic mass is 10.1. The molecule has 10 heteroatoms. The van der Waals surface area contributed by atoms with E-state index in [0.717, 1.165) is 6.26 Å². The molecule has 1 atom stereocenters. The van der Waals surface area contributed by atoms with Crippen LogP contribution in [0.3, 0.4) is 0 Å². The van der Waals surface area contributed by atoms with Gasteiger partial charge in [0.1, 0.15) is 11.9 Å². The molecule has 2 aromatic rings. The van der Waals surface area contributed by atoms with E-state index in [1.165, 1.54) is 28.4 Å². The van der Waals surface area contributed by atoms with Crippen molar-refractivity contribution in [1.29, 1.82) is 0 Å². The molecule has 32 heavy (non-hydrogen) atoms. The van der Waals surface area contributed by atoms with E-state index in [1.54, 1.807) is 43.3 Å². The number of nitrogens with one attached hydrogen (secondary N) is 1. The predicted molar refractivity (Wildman–Crippen MR) is 123 cm³/mol. The minimum absolute atomic E-state index is 0.0254. The van der Waals surface area contributed by atoms with E-state index in [2.05, 4.69) is 5.32 Å². The second kappa shape index (κ2) is 11.3. The predicted octanol–water partition coefficient (Wildman–Crippen LogP) is 3.19. The largest absolute Gasteiger partial charge is 0.357 e. The standard InChI is InChI=1S/C22H27ClFN3O4S/c1-16(22(29)25-2)26(15-17-8-4-5-11-20(17)24)21(28)12-7-13-27(32(3,30)31)19-10-6-9-18(23)14-19/h4-6,8-11,14,16H,7,12-13,15H2,1-3H3,(H,25,29). The zero-order valence-corrected chi connectivity index (χ0v) is 19.8. The first-order valence-electron chi connectivity index (χ1n) is 10.0. The molecule has 0 aliphatic carbocycles. The Bertz CT molecular complexity index is 1060. The summed E-state index contributed by atoms with van der Waals surface area (Å²) < 4.78 is 39.8. The quantitative estimate of drug-likeness (QED) is 0.562. The maximum absolute atomic E-state index is 14.1. The van der Waals surface area contributed by atoms with Crippen molar-refractivity contribution in [3.8, 4) is 0 Å². The number of carbonyl (C=O) groups is 2. The molecular formula is C22H27ClFN3O4S. The van der Waals surface area contributed by atoms with Crippen LogP contribution in [0.25, 0.3) is 0 Å². The van der Waals surface area contributed by atoms with Crippen LogP contribution >= 0.6 is 11.6 Å². The molecule has 0 bridgehead atoms. The summed E-state index contributed by atoms with van der Waals surface area (Å²) in [4.78, 5) is 26.4. The van der Waals surface area contributed by atoms with Crippen LogP contribution in [0.15, 0.2) is 48.5 Å². The van der Waals surface area contributed by atoms with Crippen molar-refractivity contribution < 1.29 is 22.4 Å². The summed E-state index contributed by atoms with van der Waals surface area (Å²) in [6.07, 6.45) is 1.25.